The summed E-state index contributed by atoms with van der Waals surface area (Å²) in [4.78, 5) is 14.1. The molecular formula is C8H8F2N2O3. The fourth-order valence-corrected chi connectivity index (χ4v) is 1.09. The monoisotopic (exact) mass is 218 g/mol. The van der Waals surface area contributed by atoms with Crippen molar-refractivity contribution < 1.29 is 23.4 Å². The molecule has 1 heterocycles. The molecule has 0 aromatic carbocycles. The Morgan fingerprint density at radius 1 is 1.67 bits per heavy atom. The summed E-state index contributed by atoms with van der Waals surface area (Å²) in [5, 5.41) is 8.69. The van der Waals surface area contributed by atoms with Crippen LogP contribution in [-0.4, -0.2) is 23.2 Å². The van der Waals surface area contributed by atoms with Crippen molar-refractivity contribution in [1.82, 2.24) is 4.98 Å². The second-order valence-corrected chi connectivity index (χ2v) is 2.62. The molecule has 1 aromatic heterocycles. The maximum absolute atomic E-state index is 12.5. The van der Waals surface area contributed by atoms with Crippen LogP contribution in [0.3, 0.4) is 0 Å². The highest BCUT2D eigenvalue weighted by Gasteiger charge is 2.24. The number of halogens is 2. The highest BCUT2D eigenvalue weighted by molar-refractivity contribution is 5.91. The second-order valence-electron chi connectivity index (χ2n) is 2.62. The van der Waals surface area contributed by atoms with Crippen molar-refractivity contribution >= 4 is 11.8 Å². The first-order chi connectivity index (χ1) is 6.97. The minimum Gasteiger partial charge on any atom is -0.481 e. The van der Waals surface area contributed by atoms with E-state index in [2.05, 4.69) is 9.72 Å². The number of methoxy groups -OCH3 is 1. The van der Waals surface area contributed by atoms with Gasteiger partial charge < -0.3 is 15.6 Å². The van der Waals surface area contributed by atoms with Crippen molar-refractivity contribution in [3.8, 4) is 5.88 Å². The molecule has 0 aliphatic rings. The van der Waals surface area contributed by atoms with Crippen LogP contribution in [0.25, 0.3) is 0 Å². The molecule has 0 atom stereocenters. The van der Waals surface area contributed by atoms with E-state index in [1.165, 1.54) is 0 Å². The van der Waals surface area contributed by atoms with Gasteiger partial charge in [0.2, 0.25) is 5.88 Å². The van der Waals surface area contributed by atoms with E-state index < -0.39 is 29.4 Å². The molecule has 15 heavy (non-hydrogen) atoms. The minimum absolute atomic E-state index is 0.186. The highest BCUT2D eigenvalue weighted by Crippen LogP contribution is 2.31. The molecule has 1 rings (SSSR count). The topological polar surface area (TPSA) is 85.4 Å². The Morgan fingerprint density at radius 2 is 2.27 bits per heavy atom. The molecule has 0 fully saturated rings. The molecule has 0 aliphatic carbocycles. The number of carboxylic acids is 1. The van der Waals surface area contributed by atoms with Gasteiger partial charge in [0.25, 0.3) is 6.43 Å². The number of hydrogen-bond donors (Lipinski definition) is 2. The lowest BCUT2D eigenvalue weighted by Gasteiger charge is -2.10. The Labute approximate surface area is 83.5 Å². The summed E-state index contributed by atoms with van der Waals surface area (Å²) in [7, 11) is 1.11. The zero-order chi connectivity index (χ0) is 11.6. The van der Waals surface area contributed by atoms with Gasteiger partial charge in [0.05, 0.1) is 18.2 Å². The number of carbonyl (C=O) groups is 1. The lowest BCUT2D eigenvalue weighted by atomic mass is 10.1. The number of nitrogens with zero attached hydrogens (tertiary/aromatic N) is 1. The smallest absolute Gasteiger partial charge is 0.336 e. The van der Waals surface area contributed by atoms with Crippen LogP contribution in [0.5, 0.6) is 5.88 Å². The Balaban J connectivity index is 3.47. The summed E-state index contributed by atoms with van der Waals surface area (Å²) in [6.45, 7) is 0. The summed E-state index contributed by atoms with van der Waals surface area (Å²) in [5.74, 6) is -2.16. The standard InChI is InChI=1S/C8H8F2N2O3/c1-15-7-5(6(9)10)3(8(13)14)2-4(11)12-7/h2,6H,1H3,(H2,11,12)(H,13,14). The first kappa shape index (κ1) is 11.2. The van der Waals surface area contributed by atoms with Gasteiger partial charge in [0.15, 0.2) is 0 Å². The third-order valence-corrected chi connectivity index (χ3v) is 1.69. The number of rotatable bonds is 3. The highest BCUT2D eigenvalue weighted by atomic mass is 19.3. The van der Waals surface area contributed by atoms with Gasteiger partial charge in [0.1, 0.15) is 5.82 Å². The van der Waals surface area contributed by atoms with Crippen molar-refractivity contribution in [1.29, 1.82) is 0 Å². The summed E-state index contributed by atoms with van der Waals surface area (Å²) in [6.07, 6.45) is -2.99. The third-order valence-electron chi connectivity index (χ3n) is 1.69. The number of aromatic nitrogens is 1. The van der Waals surface area contributed by atoms with E-state index in [1.807, 2.05) is 0 Å². The van der Waals surface area contributed by atoms with Crippen molar-refractivity contribution in [2.24, 2.45) is 0 Å². The minimum atomic E-state index is -2.99. The molecule has 0 saturated heterocycles. The van der Waals surface area contributed by atoms with Gasteiger partial charge in [-0.25, -0.2) is 13.6 Å². The number of nitrogens with two attached hydrogens (primary N) is 1. The average molecular weight is 218 g/mol. The fraction of sp³-hybridized carbons (Fsp3) is 0.250. The number of nitrogen functional groups attached to an aromatic ring is 1. The number of carboxylic acid groups (broad SMARTS) is 1. The molecule has 0 aliphatic heterocycles. The van der Waals surface area contributed by atoms with E-state index in [1.54, 1.807) is 0 Å². The van der Waals surface area contributed by atoms with Crippen LogP contribution in [0.4, 0.5) is 14.6 Å². The molecule has 7 heteroatoms. The van der Waals surface area contributed by atoms with Gasteiger partial charge in [-0.05, 0) is 6.07 Å². The fourth-order valence-electron chi connectivity index (χ4n) is 1.09. The van der Waals surface area contributed by atoms with Crippen LogP contribution in [0.2, 0.25) is 0 Å². The number of anilines is 1. The van der Waals surface area contributed by atoms with Crippen molar-refractivity contribution in [3.63, 3.8) is 0 Å². The average Bonchev–Trinajstić information content (AvgIpc) is 2.15. The SMILES string of the molecule is COc1nc(N)cc(C(=O)O)c1C(F)F. The predicted molar refractivity (Wildman–Crippen MR) is 47.1 cm³/mol. The first-order valence-corrected chi connectivity index (χ1v) is 3.83. The van der Waals surface area contributed by atoms with Crippen molar-refractivity contribution in [2.45, 2.75) is 6.43 Å². The quantitative estimate of drug-likeness (QED) is 0.798. The summed E-state index contributed by atoms with van der Waals surface area (Å²) in [6, 6.07) is 0.867. The first-order valence-electron chi connectivity index (χ1n) is 3.83. The van der Waals surface area contributed by atoms with Crippen molar-refractivity contribution in [2.75, 3.05) is 12.8 Å². The Morgan fingerprint density at radius 3 is 2.67 bits per heavy atom. The number of alkyl halides is 2. The molecule has 0 amide bonds. The number of pyridine rings is 1. The number of hydrogen-bond acceptors (Lipinski definition) is 4. The molecule has 0 spiro atoms. The van der Waals surface area contributed by atoms with E-state index >= 15 is 0 Å². The Hall–Kier alpha value is -1.92. The lowest BCUT2D eigenvalue weighted by molar-refractivity contribution is 0.0682. The number of ether oxygens (including phenoxy) is 1. The second kappa shape index (κ2) is 4.07. The van der Waals surface area contributed by atoms with Crippen LogP contribution in [0.15, 0.2) is 6.07 Å². The van der Waals surface area contributed by atoms with E-state index in [4.69, 9.17) is 10.8 Å². The zero-order valence-corrected chi connectivity index (χ0v) is 7.70. The molecular weight excluding hydrogens is 210 g/mol. The van der Waals surface area contributed by atoms with E-state index in [9.17, 15) is 13.6 Å². The lowest BCUT2D eigenvalue weighted by Crippen LogP contribution is -2.08. The molecule has 0 bridgehead atoms. The molecule has 0 saturated carbocycles. The maximum atomic E-state index is 12.5. The molecule has 0 unspecified atom stereocenters. The van der Waals surface area contributed by atoms with Crippen LogP contribution >= 0.6 is 0 Å². The number of aromatic carboxylic acids is 1. The van der Waals surface area contributed by atoms with Gasteiger partial charge in [-0.15, -0.1) is 0 Å². The molecule has 82 valence electrons. The van der Waals surface area contributed by atoms with Gasteiger partial charge >= 0.3 is 5.97 Å². The molecule has 0 radical (unpaired) electrons. The summed E-state index contributed by atoms with van der Waals surface area (Å²) >= 11 is 0. The van der Waals surface area contributed by atoms with Gasteiger partial charge in [-0.3, -0.25) is 0 Å². The normalized spacial score (nSPS) is 10.4. The maximum Gasteiger partial charge on any atom is 0.336 e. The van der Waals surface area contributed by atoms with Crippen LogP contribution in [0.1, 0.15) is 22.3 Å². The van der Waals surface area contributed by atoms with E-state index in [-0.39, 0.29) is 5.82 Å². The third kappa shape index (κ3) is 2.12. The van der Waals surface area contributed by atoms with Crippen LogP contribution in [-0.2, 0) is 0 Å². The van der Waals surface area contributed by atoms with Crippen LogP contribution in [0, 0.1) is 0 Å². The largest absolute Gasteiger partial charge is 0.481 e. The Bertz CT molecular complexity index is 396. The van der Waals surface area contributed by atoms with E-state index in [0.29, 0.717) is 0 Å². The van der Waals surface area contributed by atoms with Gasteiger partial charge in [-0.2, -0.15) is 4.98 Å². The van der Waals surface area contributed by atoms with Crippen molar-refractivity contribution in [3.05, 3.63) is 17.2 Å². The van der Waals surface area contributed by atoms with Gasteiger partial charge in [0, 0.05) is 0 Å². The molecule has 1 aromatic rings. The molecule has 5 nitrogen and oxygen atoms in total. The summed E-state index contributed by atoms with van der Waals surface area (Å²) in [5.41, 5.74) is 3.88. The summed E-state index contributed by atoms with van der Waals surface area (Å²) < 4.78 is 29.6. The van der Waals surface area contributed by atoms with Gasteiger partial charge in [-0.1, -0.05) is 0 Å². The van der Waals surface area contributed by atoms with Crippen LogP contribution < -0.4 is 10.5 Å². The molecule has 3 N–H and O–H groups in total. The Kier molecular flexibility index (Phi) is 3.03. The van der Waals surface area contributed by atoms with E-state index in [0.717, 1.165) is 13.2 Å². The predicted octanol–water partition coefficient (Wildman–Crippen LogP) is 1.31. The zero-order valence-electron chi connectivity index (χ0n) is 7.70.